The van der Waals surface area contributed by atoms with E-state index in [0.29, 0.717) is 11.3 Å². The predicted molar refractivity (Wildman–Crippen MR) is 127 cm³/mol. The maximum absolute atomic E-state index is 13.3. The van der Waals surface area contributed by atoms with Crippen LogP contribution in [0.4, 0.5) is 5.69 Å². The Morgan fingerprint density at radius 2 is 1.73 bits per heavy atom. The lowest BCUT2D eigenvalue weighted by Crippen LogP contribution is -2.43. The van der Waals surface area contributed by atoms with E-state index in [1.807, 2.05) is 43.3 Å². The number of carbonyl (C=O) groups is 2. The van der Waals surface area contributed by atoms with E-state index in [9.17, 15) is 14.7 Å². The maximum atomic E-state index is 13.3. The van der Waals surface area contributed by atoms with Gasteiger partial charge in [0.25, 0.3) is 5.91 Å². The summed E-state index contributed by atoms with van der Waals surface area (Å²) < 4.78 is 0. The number of nitrogens with one attached hydrogen (secondary N) is 1. The number of para-hydroxylation sites is 2. The first kappa shape index (κ1) is 22.1. The van der Waals surface area contributed by atoms with Gasteiger partial charge < -0.3 is 20.2 Å². The number of hydrogen-bond acceptors (Lipinski definition) is 5. The molecule has 1 aliphatic rings. The fraction of sp³-hybridized carbons (Fsp3) is 0.192. The summed E-state index contributed by atoms with van der Waals surface area (Å²) in [5.41, 5.74) is 4.63. The second-order valence-corrected chi connectivity index (χ2v) is 7.89. The number of phenolic OH excluding ortho intramolecular Hbond substituents is 1. The highest BCUT2D eigenvalue weighted by Crippen LogP contribution is 2.27. The molecule has 1 heterocycles. The summed E-state index contributed by atoms with van der Waals surface area (Å²) in [4.78, 5) is 32.7. The van der Waals surface area contributed by atoms with Gasteiger partial charge in [0, 0.05) is 12.0 Å². The zero-order valence-electron chi connectivity index (χ0n) is 18.5. The minimum atomic E-state index is -0.776. The molecule has 1 atom stereocenters. The van der Waals surface area contributed by atoms with Crippen LogP contribution in [0.3, 0.4) is 0 Å². The van der Waals surface area contributed by atoms with Crippen molar-refractivity contribution >= 4 is 23.2 Å². The molecule has 0 aliphatic carbocycles. The van der Waals surface area contributed by atoms with Gasteiger partial charge in [-0.05, 0) is 47.9 Å². The molecule has 1 aliphatic heterocycles. The van der Waals surface area contributed by atoms with Crippen molar-refractivity contribution in [2.45, 2.75) is 19.4 Å². The summed E-state index contributed by atoms with van der Waals surface area (Å²) in [7, 11) is 1.43. The van der Waals surface area contributed by atoms with Crippen LogP contribution in [0.2, 0.25) is 0 Å². The van der Waals surface area contributed by atoms with Crippen molar-refractivity contribution in [3.8, 4) is 16.9 Å². The van der Waals surface area contributed by atoms with Crippen LogP contribution in [0, 0.1) is 6.92 Å². The van der Waals surface area contributed by atoms with E-state index in [2.05, 4.69) is 10.5 Å². The average molecular weight is 444 g/mol. The van der Waals surface area contributed by atoms with Gasteiger partial charge in [-0.3, -0.25) is 9.59 Å². The Bertz CT molecular complexity index is 1200. The van der Waals surface area contributed by atoms with Crippen LogP contribution in [-0.2, 0) is 9.63 Å². The topological polar surface area (TPSA) is 91.2 Å². The minimum Gasteiger partial charge on any atom is -0.506 e. The number of hydrogen-bond donors (Lipinski definition) is 2. The molecule has 0 aromatic heterocycles. The molecular formula is C26H25N3O4. The lowest BCUT2D eigenvalue weighted by atomic mass is 9.99. The molecule has 2 N–H and O–H groups in total. The first-order valence-corrected chi connectivity index (χ1v) is 10.6. The van der Waals surface area contributed by atoms with Gasteiger partial charge in [-0.25, -0.2) is 0 Å². The largest absolute Gasteiger partial charge is 0.506 e. The van der Waals surface area contributed by atoms with Crippen molar-refractivity contribution in [1.29, 1.82) is 0 Å². The van der Waals surface area contributed by atoms with Crippen molar-refractivity contribution in [3.05, 3.63) is 83.9 Å². The van der Waals surface area contributed by atoms with Crippen LogP contribution >= 0.6 is 0 Å². The quantitative estimate of drug-likeness (QED) is 0.456. The summed E-state index contributed by atoms with van der Waals surface area (Å²) in [6, 6.07) is 21.1. The Kier molecular flexibility index (Phi) is 6.40. The molecule has 168 valence electrons. The lowest BCUT2D eigenvalue weighted by molar-refractivity contribution is -0.119. The Morgan fingerprint density at radius 1 is 1.03 bits per heavy atom. The third-order valence-electron chi connectivity index (χ3n) is 5.69. The molecule has 7 nitrogen and oxygen atoms in total. The highest BCUT2D eigenvalue weighted by molar-refractivity contribution is 6.08. The summed E-state index contributed by atoms with van der Waals surface area (Å²) in [6.45, 7) is 2.23. The van der Waals surface area contributed by atoms with E-state index in [4.69, 9.17) is 4.84 Å². The van der Waals surface area contributed by atoms with Gasteiger partial charge in [0.1, 0.15) is 18.9 Å². The van der Waals surface area contributed by atoms with Crippen LogP contribution in [0.25, 0.3) is 11.1 Å². The Morgan fingerprint density at radius 3 is 2.42 bits per heavy atom. The maximum Gasteiger partial charge on any atom is 0.254 e. The molecule has 0 unspecified atom stereocenters. The van der Waals surface area contributed by atoms with Crippen molar-refractivity contribution in [2.75, 3.05) is 19.0 Å². The molecular weight excluding hydrogens is 418 g/mol. The van der Waals surface area contributed by atoms with E-state index in [-0.39, 0.29) is 30.3 Å². The minimum absolute atomic E-state index is 0.0423. The third kappa shape index (κ3) is 4.72. The van der Waals surface area contributed by atoms with E-state index in [0.717, 1.165) is 16.7 Å². The first-order chi connectivity index (χ1) is 16.0. The van der Waals surface area contributed by atoms with Gasteiger partial charge in [0.05, 0.1) is 17.9 Å². The number of oxime groups is 1. The highest BCUT2D eigenvalue weighted by atomic mass is 16.6. The molecule has 0 spiro atoms. The summed E-state index contributed by atoms with van der Waals surface area (Å²) in [6.07, 6.45) is 0.250. The van der Waals surface area contributed by atoms with Crippen molar-refractivity contribution in [3.63, 3.8) is 0 Å². The van der Waals surface area contributed by atoms with Crippen LogP contribution in [0.5, 0.6) is 5.75 Å². The second-order valence-electron chi connectivity index (χ2n) is 7.89. The number of amides is 2. The van der Waals surface area contributed by atoms with Crippen LogP contribution in [0.1, 0.15) is 22.3 Å². The smallest absolute Gasteiger partial charge is 0.254 e. The van der Waals surface area contributed by atoms with Crippen molar-refractivity contribution in [2.24, 2.45) is 5.16 Å². The zero-order chi connectivity index (χ0) is 23.4. The van der Waals surface area contributed by atoms with Gasteiger partial charge in [0.15, 0.2) is 0 Å². The van der Waals surface area contributed by atoms with E-state index in [1.165, 1.54) is 18.1 Å². The molecule has 0 bridgehead atoms. The molecule has 0 radical (unpaired) electrons. The van der Waals surface area contributed by atoms with E-state index < -0.39 is 11.9 Å². The Balaban J connectivity index is 1.57. The van der Waals surface area contributed by atoms with Gasteiger partial charge >= 0.3 is 0 Å². The molecule has 3 aromatic rings. The first-order valence-electron chi connectivity index (χ1n) is 10.6. The van der Waals surface area contributed by atoms with Gasteiger partial charge in [0.2, 0.25) is 5.91 Å². The highest BCUT2D eigenvalue weighted by Gasteiger charge is 2.38. The van der Waals surface area contributed by atoms with E-state index >= 15 is 0 Å². The fourth-order valence-corrected chi connectivity index (χ4v) is 4.00. The van der Waals surface area contributed by atoms with Crippen LogP contribution < -0.4 is 5.32 Å². The summed E-state index contributed by atoms with van der Waals surface area (Å²) in [5.74, 6) is -0.716. The number of likely N-dealkylation sites (tertiary alicyclic amines) is 1. The van der Waals surface area contributed by atoms with Crippen LogP contribution in [0.15, 0.2) is 78.0 Å². The SMILES string of the molecule is CO/N=C1/C[C@@H](C(=O)Nc2ccccc2O)N(C(=O)c2ccc(-c3ccccc3C)cc2)C1. The number of nitrogens with zero attached hydrogens (tertiary/aromatic N) is 2. The number of aromatic hydroxyl groups is 1. The zero-order valence-corrected chi connectivity index (χ0v) is 18.5. The molecule has 1 saturated heterocycles. The second kappa shape index (κ2) is 9.56. The molecule has 0 saturated carbocycles. The number of rotatable bonds is 5. The van der Waals surface area contributed by atoms with Crippen molar-refractivity contribution in [1.82, 2.24) is 4.90 Å². The summed E-state index contributed by atoms with van der Waals surface area (Å²) >= 11 is 0. The predicted octanol–water partition coefficient (Wildman–Crippen LogP) is 4.22. The normalized spacial score (nSPS) is 16.6. The number of carbonyl (C=O) groups excluding carboxylic acids is 2. The van der Waals surface area contributed by atoms with Crippen molar-refractivity contribution < 1.29 is 19.5 Å². The standard InChI is InChI=1S/C26H25N3O4/c1-17-7-3-4-8-21(17)18-11-13-19(14-12-18)26(32)29-16-20(28-33-2)15-23(29)25(31)27-22-9-5-6-10-24(22)30/h3-14,23,30H,15-16H2,1-2H3,(H,27,31)/b28-20-/t23-/m0/s1. The summed E-state index contributed by atoms with van der Waals surface area (Å²) in [5, 5.41) is 16.7. The third-order valence-corrected chi connectivity index (χ3v) is 5.69. The Labute approximate surface area is 192 Å². The molecule has 33 heavy (non-hydrogen) atoms. The molecule has 7 heteroatoms. The number of aryl methyl sites for hydroxylation is 1. The number of anilines is 1. The van der Waals surface area contributed by atoms with Gasteiger partial charge in [-0.2, -0.15) is 0 Å². The number of phenols is 1. The molecule has 4 rings (SSSR count). The van der Waals surface area contributed by atoms with Gasteiger partial charge in [-0.15, -0.1) is 0 Å². The van der Waals surface area contributed by atoms with E-state index in [1.54, 1.807) is 30.3 Å². The average Bonchev–Trinajstić information content (AvgIpc) is 3.25. The monoisotopic (exact) mass is 443 g/mol. The fourth-order valence-electron chi connectivity index (χ4n) is 4.00. The molecule has 3 aromatic carbocycles. The lowest BCUT2D eigenvalue weighted by Gasteiger charge is -2.23. The number of benzene rings is 3. The molecule has 1 fully saturated rings. The van der Waals surface area contributed by atoms with Gasteiger partial charge in [-0.1, -0.05) is 53.7 Å². The Hall–Kier alpha value is -4.13. The molecule has 2 amide bonds. The van der Waals surface area contributed by atoms with Crippen LogP contribution in [-0.4, -0.2) is 47.2 Å².